The van der Waals surface area contributed by atoms with E-state index in [0.29, 0.717) is 19.3 Å². The summed E-state index contributed by atoms with van der Waals surface area (Å²) in [5.74, 6) is -0.865. The molecule has 1 aliphatic heterocycles. The molecule has 1 saturated heterocycles. The third-order valence-corrected chi connectivity index (χ3v) is 5.76. The van der Waals surface area contributed by atoms with Gasteiger partial charge in [-0.1, -0.05) is 0 Å². The van der Waals surface area contributed by atoms with Crippen LogP contribution in [0.3, 0.4) is 0 Å². The van der Waals surface area contributed by atoms with Crippen LogP contribution in [0.4, 0.5) is 0 Å². The SMILES string of the molecule is C[C@@]1(O)CC[C@H]2[C@H](C1)[C@H](O)[C@@H](O)[C@@H]1COC(=O)[C@@]12C. The molecule has 2 aliphatic carbocycles. The summed E-state index contributed by atoms with van der Waals surface area (Å²) in [5, 5.41) is 30.8. The maximum atomic E-state index is 12.1. The smallest absolute Gasteiger partial charge is 0.312 e. The second kappa shape index (κ2) is 3.93. The number of esters is 1. The van der Waals surface area contributed by atoms with E-state index < -0.39 is 23.2 Å². The first kappa shape index (κ1) is 13.3. The van der Waals surface area contributed by atoms with Crippen LogP contribution in [0.1, 0.15) is 33.1 Å². The lowest BCUT2D eigenvalue weighted by atomic mass is 9.51. The molecule has 0 aromatic carbocycles. The van der Waals surface area contributed by atoms with E-state index in [1.54, 1.807) is 6.92 Å². The Morgan fingerprint density at radius 3 is 2.58 bits per heavy atom. The molecular formula is C14H22O5. The molecule has 19 heavy (non-hydrogen) atoms. The summed E-state index contributed by atoms with van der Waals surface area (Å²) in [7, 11) is 0. The molecule has 3 rings (SSSR count). The summed E-state index contributed by atoms with van der Waals surface area (Å²) in [4.78, 5) is 12.1. The van der Waals surface area contributed by atoms with Gasteiger partial charge in [-0.05, 0) is 44.9 Å². The van der Waals surface area contributed by atoms with E-state index in [-0.39, 0.29) is 30.3 Å². The van der Waals surface area contributed by atoms with Gasteiger partial charge in [0.05, 0.1) is 29.8 Å². The number of fused-ring (bicyclic) bond motifs is 3. The quantitative estimate of drug-likeness (QED) is 0.542. The molecular weight excluding hydrogens is 248 g/mol. The van der Waals surface area contributed by atoms with Crippen molar-refractivity contribution in [3.05, 3.63) is 0 Å². The minimum absolute atomic E-state index is 0.0221. The van der Waals surface area contributed by atoms with E-state index in [9.17, 15) is 20.1 Å². The summed E-state index contributed by atoms with van der Waals surface area (Å²) in [6.07, 6.45) is -0.113. The van der Waals surface area contributed by atoms with Crippen molar-refractivity contribution < 1.29 is 24.9 Å². The minimum atomic E-state index is -0.952. The number of cyclic esters (lactones) is 1. The summed E-state index contributed by atoms with van der Waals surface area (Å²) < 4.78 is 5.15. The number of carbonyl (C=O) groups excluding carboxylic acids is 1. The molecule has 3 N–H and O–H groups in total. The van der Waals surface area contributed by atoms with Crippen LogP contribution in [-0.4, -0.2) is 45.7 Å². The number of ether oxygens (including phenoxy) is 1. The maximum absolute atomic E-state index is 12.1. The van der Waals surface area contributed by atoms with Gasteiger partial charge in [0.1, 0.15) is 0 Å². The molecule has 0 aromatic heterocycles. The fourth-order valence-corrected chi connectivity index (χ4v) is 4.55. The summed E-state index contributed by atoms with van der Waals surface area (Å²) in [6, 6.07) is 0. The lowest BCUT2D eigenvalue weighted by Crippen LogP contribution is -2.61. The molecule has 2 saturated carbocycles. The average Bonchev–Trinajstić information content (AvgIpc) is 2.63. The molecule has 5 heteroatoms. The van der Waals surface area contributed by atoms with E-state index in [1.807, 2.05) is 6.92 Å². The van der Waals surface area contributed by atoms with E-state index in [0.717, 1.165) is 0 Å². The van der Waals surface area contributed by atoms with Crippen LogP contribution >= 0.6 is 0 Å². The van der Waals surface area contributed by atoms with Gasteiger partial charge < -0.3 is 20.1 Å². The van der Waals surface area contributed by atoms with Gasteiger partial charge in [0, 0.05) is 5.92 Å². The zero-order valence-corrected chi connectivity index (χ0v) is 11.4. The van der Waals surface area contributed by atoms with Gasteiger partial charge in [-0.15, -0.1) is 0 Å². The number of hydrogen-bond donors (Lipinski definition) is 3. The molecule has 3 fully saturated rings. The average molecular weight is 270 g/mol. The molecule has 108 valence electrons. The van der Waals surface area contributed by atoms with E-state index >= 15 is 0 Å². The van der Waals surface area contributed by atoms with Crippen molar-refractivity contribution in [3.63, 3.8) is 0 Å². The Balaban J connectivity index is 1.99. The van der Waals surface area contributed by atoms with E-state index in [1.165, 1.54) is 0 Å². The molecule has 0 aromatic rings. The number of aliphatic hydroxyl groups is 3. The highest BCUT2D eigenvalue weighted by atomic mass is 16.5. The number of carbonyl (C=O) groups is 1. The van der Waals surface area contributed by atoms with Crippen molar-refractivity contribution in [2.45, 2.75) is 50.9 Å². The molecule has 7 atom stereocenters. The predicted molar refractivity (Wildman–Crippen MR) is 66.0 cm³/mol. The Morgan fingerprint density at radius 2 is 1.89 bits per heavy atom. The van der Waals surface area contributed by atoms with Crippen LogP contribution in [0.5, 0.6) is 0 Å². The zero-order chi connectivity index (χ0) is 14.0. The van der Waals surface area contributed by atoms with Gasteiger partial charge in [-0.25, -0.2) is 0 Å². The molecule has 0 amide bonds. The van der Waals surface area contributed by atoms with E-state index in [2.05, 4.69) is 0 Å². The van der Waals surface area contributed by atoms with Gasteiger partial charge in [0.2, 0.25) is 0 Å². The Kier molecular flexibility index (Phi) is 2.76. The van der Waals surface area contributed by atoms with Crippen molar-refractivity contribution in [2.24, 2.45) is 23.2 Å². The standard InChI is InChI=1S/C14H22O5/c1-13(18)4-3-8-7(5-13)10(15)11(16)9-6-19-12(17)14(8,9)2/h7-11,15-16,18H,3-6H2,1-2H3/t7-,8-,9-,10-,11-,13+,14+/m0/s1. The lowest BCUT2D eigenvalue weighted by Gasteiger charge is -2.54. The predicted octanol–water partition coefficient (Wildman–Crippen LogP) is 0.0684. The number of hydrogen-bond acceptors (Lipinski definition) is 5. The molecule has 0 bridgehead atoms. The van der Waals surface area contributed by atoms with Crippen LogP contribution in [0.15, 0.2) is 0 Å². The fourth-order valence-electron chi connectivity index (χ4n) is 4.55. The molecule has 0 unspecified atom stereocenters. The van der Waals surface area contributed by atoms with Crippen molar-refractivity contribution in [1.29, 1.82) is 0 Å². The highest BCUT2D eigenvalue weighted by Crippen LogP contribution is 2.57. The highest BCUT2D eigenvalue weighted by molar-refractivity contribution is 5.79. The molecule has 3 aliphatic rings. The van der Waals surface area contributed by atoms with Crippen molar-refractivity contribution in [1.82, 2.24) is 0 Å². The maximum Gasteiger partial charge on any atom is 0.312 e. The number of rotatable bonds is 0. The Labute approximate surface area is 112 Å². The van der Waals surface area contributed by atoms with Gasteiger partial charge in [-0.2, -0.15) is 0 Å². The minimum Gasteiger partial charge on any atom is -0.465 e. The van der Waals surface area contributed by atoms with Gasteiger partial charge in [0.25, 0.3) is 0 Å². The third kappa shape index (κ3) is 1.68. The van der Waals surface area contributed by atoms with Crippen molar-refractivity contribution >= 4 is 5.97 Å². The van der Waals surface area contributed by atoms with Crippen LogP contribution in [0, 0.1) is 23.2 Å². The summed E-state index contributed by atoms with van der Waals surface area (Å²) in [5.41, 5.74) is -1.55. The molecule has 5 nitrogen and oxygen atoms in total. The second-order valence-corrected chi connectivity index (χ2v) is 6.98. The van der Waals surface area contributed by atoms with Crippen LogP contribution in [0.25, 0.3) is 0 Å². The molecule has 0 spiro atoms. The fraction of sp³-hybridized carbons (Fsp3) is 0.929. The Bertz CT molecular complexity index is 407. The van der Waals surface area contributed by atoms with Crippen LogP contribution in [0.2, 0.25) is 0 Å². The van der Waals surface area contributed by atoms with E-state index in [4.69, 9.17) is 4.74 Å². The largest absolute Gasteiger partial charge is 0.465 e. The Morgan fingerprint density at radius 1 is 1.21 bits per heavy atom. The first-order chi connectivity index (χ1) is 8.77. The van der Waals surface area contributed by atoms with Gasteiger partial charge in [0.15, 0.2) is 0 Å². The van der Waals surface area contributed by atoms with Gasteiger partial charge in [-0.3, -0.25) is 4.79 Å². The van der Waals surface area contributed by atoms with Crippen molar-refractivity contribution in [2.75, 3.05) is 6.61 Å². The first-order valence-electron chi connectivity index (χ1n) is 7.03. The normalized spacial score (nSPS) is 57.3. The number of aliphatic hydroxyl groups excluding tert-OH is 2. The van der Waals surface area contributed by atoms with Crippen LogP contribution in [-0.2, 0) is 9.53 Å². The third-order valence-electron chi connectivity index (χ3n) is 5.76. The lowest BCUT2D eigenvalue weighted by molar-refractivity contribution is -0.187. The first-order valence-corrected chi connectivity index (χ1v) is 7.03. The van der Waals surface area contributed by atoms with Crippen molar-refractivity contribution in [3.8, 4) is 0 Å². The second-order valence-electron chi connectivity index (χ2n) is 6.98. The summed E-state index contributed by atoms with van der Waals surface area (Å²) in [6.45, 7) is 3.79. The van der Waals surface area contributed by atoms with Gasteiger partial charge >= 0.3 is 5.97 Å². The molecule has 1 heterocycles. The topological polar surface area (TPSA) is 87.0 Å². The zero-order valence-electron chi connectivity index (χ0n) is 11.4. The highest BCUT2D eigenvalue weighted by Gasteiger charge is 2.65. The summed E-state index contributed by atoms with van der Waals surface area (Å²) >= 11 is 0. The van der Waals surface area contributed by atoms with Crippen LogP contribution < -0.4 is 0 Å². The Hall–Kier alpha value is -0.650. The monoisotopic (exact) mass is 270 g/mol. The molecule has 0 radical (unpaired) electrons.